The van der Waals surface area contributed by atoms with Crippen molar-refractivity contribution < 1.29 is 28.6 Å². The summed E-state index contributed by atoms with van der Waals surface area (Å²) in [6.45, 7) is 10.2. The predicted octanol–water partition coefficient (Wildman–Crippen LogP) is 5.71. The Morgan fingerprint density at radius 1 is 0.943 bits per heavy atom. The highest BCUT2D eigenvalue weighted by atomic mass is 16.5. The minimum absolute atomic E-state index is 0.0229. The fourth-order valence-corrected chi connectivity index (χ4v) is 9.59. The average Bonchev–Trinajstić information content (AvgIpc) is 3.13. The van der Waals surface area contributed by atoms with Crippen LogP contribution in [0.1, 0.15) is 98.8 Å². The van der Waals surface area contributed by atoms with E-state index in [9.17, 15) is 14.4 Å². The smallest absolute Gasteiger partial charge is 0.305 e. The number of ether oxygens (including phenoxy) is 3. The van der Waals surface area contributed by atoms with E-state index in [-0.39, 0.29) is 40.9 Å². The summed E-state index contributed by atoms with van der Waals surface area (Å²) in [7, 11) is 1.46. The van der Waals surface area contributed by atoms with Gasteiger partial charge in [0.2, 0.25) is 0 Å². The Morgan fingerprint density at radius 3 is 2.31 bits per heavy atom. The summed E-state index contributed by atoms with van der Waals surface area (Å²) >= 11 is 0. The van der Waals surface area contributed by atoms with Crippen LogP contribution in [0.15, 0.2) is 0 Å². The lowest BCUT2D eigenvalue weighted by Gasteiger charge is -2.63. The predicted molar refractivity (Wildman–Crippen MR) is 132 cm³/mol. The van der Waals surface area contributed by atoms with Crippen LogP contribution in [-0.2, 0) is 28.6 Å². The molecule has 0 aliphatic heterocycles. The van der Waals surface area contributed by atoms with Crippen molar-refractivity contribution in [2.24, 2.45) is 46.3 Å². The molecule has 6 nitrogen and oxygen atoms in total. The van der Waals surface area contributed by atoms with E-state index in [0.29, 0.717) is 41.9 Å². The summed E-state index contributed by atoms with van der Waals surface area (Å²) in [4.78, 5) is 35.7. The van der Waals surface area contributed by atoms with Crippen molar-refractivity contribution in [3.05, 3.63) is 0 Å². The van der Waals surface area contributed by atoms with Gasteiger partial charge in [-0.25, -0.2) is 0 Å². The van der Waals surface area contributed by atoms with Crippen molar-refractivity contribution >= 4 is 17.9 Å². The van der Waals surface area contributed by atoms with E-state index in [4.69, 9.17) is 14.2 Å². The minimum atomic E-state index is -0.183. The summed E-state index contributed by atoms with van der Waals surface area (Å²) in [6, 6.07) is 0. The fraction of sp³-hybridized carbons (Fsp3) is 0.897. The molecule has 4 aliphatic rings. The van der Waals surface area contributed by atoms with Gasteiger partial charge in [0.15, 0.2) is 0 Å². The lowest BCUT2D eigenvalue weighted by atomic mass is 9.43. The molecule has 0 saturated heterocycles. The monoisotopic (exact) mass is 490 g/mol. The van der Waals surface area contributed by atoms with Crippen LogP contribution in [0, 0.1) is 46.3 Å². The lowest BCUT2D eigenvalue weighted by molar-refractivity contribution is -0.201. The molecule has 4 fully saturated rings. The van der Waals surface area contributed by atoms with Crippen molar-refractivity contribution in [3.8, 4) is 0 Å². The van der Waals surface area contributed by atoms with Gasteiger partial charge in [0.25, 0.3) is 0 Å². The van der Waals surface area contributed by atoms with E-state index >= 15 is 0 Å². The highest BCUT2D eigenvalue weighted by Crippen LogP contribution is 2.69. The summed E-state index contributed by atoms with van der Waals surface area (Å²) in [5.41, 5.74) is 0.227. The second-order valence-corrected chi connectivity index (χ2v) is 12.7. The van der Waals surface area contributed by atoms with Crippen molar-refractivity contribution in [2.45, 2.75) is 111 Å². The van der Waals surface area contributed by atoms with Crippen molar-refractivity contribution in [3.63, 3.8) is 0 Å². The van der Waals surface area contributed by atoms with Gasteiger partial charge in [0, 0.05) is 26.2 Å². The second kappa shape index (κ2) is 10.0. The third-order valence-electron chi connectivity index (χ3n) is 11.0. The van der Waals surface area contributed by atoms with Gasteiger partial charge in [-0.3, -0.25) is 14.4 Å². The number of fused-ring (bicyclic) bond motifs is 5. The third-order valence-corrected chi connectivity index (χ3v) is 11.0. The molecule has 0 unspecified atom stereocenters. The van der Waals surface area contributed by atoms with Crippen LogP contribution in [0.2, 0.25) is 0 Å². The summed E-state index contributed by atoms with van der Waals surface area (Å²) in [5.74, 6) is 2.53. The lowest BCUT2D eigenvalue weighted by Crippen LogP contribution is -2.60. The van der Waals surface area contributed by atoms with Gasteiger partial charge < -0.3 is 14.2 Å². The van der Waals surface area contributed by atoms with E-state index in [2.05, 4.69) is 20.8 Å². The van der Waals surface area contributed by atoms with E-state index in [1.807, 2.05) is 0 Å². The van der Waals surface area contributed by atoms with Crippen LogP contribution in [0.5, 0.6) is 0 Å². The molecule has 10 atom stereocenters. The summed E-state index contributed by atoms with van der Waals surface area (Å²) in [5, 5.41) is 0. The molecular formula is C29H46O6. The van der Waals surface area contributed by atoms with Gasteiger partial charge in [0.1, 0.15) is 12.2 Å². The molecule has 0 spiro atoms. The molecule has 35 heavy (non-hydrogen) atoms. The van der Waals surface area contributed by atoms with Crippen molar-refractivity contribution in [2.75, 3.05) is 7.11 Å². The zero-order chi connectivity index (χ0) is 25.5. The molecule has 6 heteroatoms. The average molecular weight is 491 g/mol. The molecule has 0 bridgehead atoms. The number of hydrogen-bond donors (Lipinski definition) is 0. The molecule has 0 aromatic heterocycles. The number of methoxy groups -OCH3 is 1. The molecule has 4 saturated carbocycles. The normalized spacial score (nSPS) is 43.2. The zero-order valence-corrected chi connectivity index (χ0v) is 22.6. The van der Waals surface area contributed by atoms with Gasteiger partial charge in [-0.05, 0) is 98.2 Å². The van der Waals surface area contributed by atoms with Gasteiger partial charge >= 0.3 is 17.9 Å². The van der Waals surface area contributed by atoms with Crippen LogP contribution >= 0.6 is 0 Å². The molecule has 198 valence electrons. The maximum Gasteiger partial charge on any atom is 0.305 e. The first kappa shape index (κ1) is 26.5. The fourth-order valence-electron chi connectivity index (χ4n) is 9.59. The Hall–Kier alpha value is -1.59. The molecule has 0 aromatic carbocycles. The Morgan fingerprint density at radius 2 is 1.66 bits per heavy atom. The van der Waals surface area contributed by atoms with E-state index in [1.165, 1.54) is 33.3 Å². The molecule has 0 radical (unpaired) electrons. The van der Waals surface area contributed by atoms with Crippen LogP contribution in [-0.4, -0.2) is 37.2 Å². The molecule has 0 heterocycles. The Labute approximate surface area is 211 Å². The van der Waals surface area contributed by atoms with Crippen LogP contribution in [0.4, 0.5) is 0 Å². The quantitative estimate of drug-likeness (QED) is 0.351. The van der Waals surface area contributed by atoms with Crippen LogP contribution in [0.25, 0.3) is 0 Å². The minimum Gasteiger partial charge on any atom is -0.469 e. The van der Waals surface area contributed by atoms with Crippen LogP contribution < -0.4 is 0 Å². The van der Waals surface area contributed by atoms with Gasteiger partial charge in [-0.2, -0.15) is 0 Å². The highest BCUT2D eigenvalue weighted by Gasteiger charge is 2.64. The van der Waals surface area contributed by atoms with E-state index < -0.39 is 0 Å². The molecule has 0 amide bonds. The molecular weight excluding hydrogens is 444 g/mol. The first-order chi connectivity index (χ1) is 16.5. The highest BCUT2D eigenvalue weighted by molar-refractivity contribution is 5.69. The van der Waals surface area contributed by atoms with Gasteiger partial charge in [-0.1, -0.05) is 20.8 Å². The number of esters is 3. The summed E-state index contributed by atoms with van der Waals surface area (Å²) in [6.07, 6.45) is 9.80. The Bertz CT molecular complexity index is 824. The molecule has 4 aliphatic carbocycles. The van der Waals surface area contributed by atoms with E-state index in [1.54, 1.807) is 6.92 Å². The topological polar surface area (TPSA) is 78.9 Å². The van der Waals surface area contributed by atoms with Gasteiger partial charge in [0.05, 0.1) is 7.11 Å². The van der Waals surface area contributed by atoms with E-state index in [0.717, 1.165) is 38.5 Å². The summed E-state index contributed by atoms with van der Waals surface area (Å²) < 4.78 is 16.7. The van der Waals surface area contributed by atoms with Gasteiger partial charge in [-0.15, -0.1) is 0 Å². The zero-order valence-electron chi connectivity index (χ0n) is 22.6. The third kappa shape index (κ3) is 4.87. The number of rotatable bonds is 6. The second-order valence-electron chi connectivity index (χ2n) is 12.7. The first-order valence-electron chi connectivity index (χ1n) is 13.9. The first-order valence-corrected chi connectivity index (χ1v) is 13.9. The number of carbonyl (C=O) groups excluding carboxylic acids is 3. The SMILES string of the molecule is COC(=O)CC[C@@H](C)[C@H]1CC[C@H]2[C@@H]3CC[C@H]4C[C@H](OC(C)=O)CC[C@]4(C)[C@H]3[C@H](OC(C)=O)C[C@]12C. The van der Waals surface area contributed by atoms with Crippen LogP contribution in [0.3, 0.4) is 0 Å². The Balaban J connectivity index is 1.58. The molecule has 0 aromatic rings. The Kier molecular flexibility index (Phi) is 7.60. The number of hydrogen-bond acceptors (Lipinski definition) is 6. The number of carbonyl (C=O) groups is 3. The van der Waals surface area contributed by atoms with Crippen molar-refractivity contribution in [1.82, 2.24) is 0 Å². The largest absolute Gasteiger partial charge is 0.469 e. The maximum absolute atomic E-state index is 12.3. The molecule has 0 N–H and O–H groups in total. The standard InChI is InChI=1S/C29H46O6/c1-17(7-12-26(32)33-6)23-10-11-24-22-9-8-20-15-21(34-18(2)30)13-14-28(20,4)27(22)25(35-19(3)31)16-29(23,24)5/h17,20-25,27H,7-16H2,1-6H3/t17-,20+,21-,22+,23-,24+,25-,27-,28+,29-/m1/s1. The molecule has 4 rings (SSSR count). The maximum atomic E-state index is 12.3. The van der Waals surface area contributed by atoms with Crippen molar-refractivity contribution in [1.29, 1.82) is 0 Å².